The van der Waals surface area contributed by atoms with Crippen LogP contribution >= 0.6 is 0 Å². The van der Waals surface area contributed by atoms with Crippen molar-refractivity contribution in [3.8, 4) is 5.75 Å². The fourth-order valence-corrected chi connectivity index (χ4v) is 9.63. The van der Waals surface area contributed by atoms with Gasteiger partial charge in [-0.2, -0.15) is 8.42 Å². The molecule has 11 atom stereocenters. The van der Waals surface area contributed by atoms with Gasteiger partial charge in [0.05, 0.1) is 52.4 Å². The highest BCUT2D eigenvalue weighted by atomic mass is 32.3. The van der Waals surface area contributed by atoms with E-state index in [9.17, 15) is 13.0 Å². The average Bonchev–Trinajstić information content (AvgIpc) is 3.61. The van der Waals surface area contributed by atoms with E-state index in [0.29, 0.717) is 19.4 Å². The maximum absolute atomic E-state index is 13.2. The lowest BCUT2D eigenvalue weighted by atomic mass is 9.82. The molecule has 350 valence electrons. The van der Waals surface area contributed by atoms with Crippen LogP contribution in [0.15, 0.2) is 115 Å². The van der Waals surface area contributed by atoms with E-state index in [1.165, 1.54) is 14.2 Å². The van der Waals surface area contributed by atoms with Crippen LogP contribution in [-0.2, 0) is 78.9 Å². The molecule has 1 saturated carbocycles. The van der Waals surface area contributed by atoms with Gasteiger partial charge in [0.1, 0.15) is 30.2 Å². The zero-order valence-electron chi connectivity index (χ0n) is 38.1. The Balaban J connectivity index is 1.38. The summed E-state index contributed by atoms with van der Waals surface area (Å²) in [7, 11) is -0.588. The highest BCUT2D eigenvalue weighted by Crippen LogP contribution is 2.47. The Morgan fingerprint density at radius 2 is 1.22 bits per heavy atom. The molecule has 6 rings (SSSR count). The molecule has 0 radical (unpaired) electrons. The number of benzene rings is 4. The molecule has 2 aliphatic rings. The minimum atomic E-state index is -5.15. The second-order valence-electron chi connectivity index (χ2n) is 17.0. The lowest BCUT2D eigenvalue weighted by Gasteiger charge is -2.54. The molecular weight excluding hydrogens is 841 g/mol. The molecule has 0 spiro atoms. The van der Waals surface area contributed by atoms with Gasteiger partial charge >= 0.3 is 10.4 Å². The Bertz CT molecular complexity index is 2080. The van der Waals surface area contributed by atoms with E-state index >= 15 is 0 Å². The molecule has 13 nitrogen and oxygen atoms in total. The molecule has 1 saturated heterocycles. The number of hydrogen-bond donors (Lipinski definition) is 1. The van der Waals surface area contributed by atoms with Crippen LogP contribution in [0.2, 0.25) is 0 Å². The number of methoxy groups -OCH3 is 3. The standard InChI is InChI=1S/C50H66O13S/c1-8-42-35(2)43(58-33-39-24-26-41(54-5)27-25-39)28-40(42)29-44(59-31-37-20-14-10-15-21-37)47(63-64(51,52)53)48-46(61-49(3,55-6)50(4,56-7)62-48)45(60-32-38-22-16-11-17-23-38)34-57-30-36-18-12-9-13-19-36/h9-27,35,40,42-48H,8,28-34H2,1-7H3,(H,51,52,53)/t35-,40?,42-,43-,44-,45+,46+,47?,48-,49?,50?/m1/s1. The zero-order chi connectivity index (χ0) is 45.7. The minimum Gasteiger partial charge on any atom is -0.497 e. The minimum absolute atomic E-state index is 0.00482. The zero-order valence-corrected chi connectivity index (χ0v) is 38.9. The van der Waals surface area contributed by atoms with Crippen molar-refractivity contribution < 1.29 is 59.8 Å². The maximum Gasteiger partial charge on any atom is 0.397 e. The molecule has 14 heteroatoms. The molecule has 0 aromatic heterocycles. The van der Waals surface area contributed by atoms with Crippen molar-refractivity contribution >= 4 is 10.4 Å². The third-order valence-electron chi connectivity index (χ3n) is 13.0. The molecule has 0 bridgehead atoms. The molecular formula is C50H66O13S. The second-order valence-corrected chi connectivity index (χ2v) is 18.0. The summed E-state index contributed by atoms with van der Waals surface area (Å²) in [5.74, 6) is -2.06. The van der Waals surface area contributed by atoms with Gasteiger partial charge in [0.15, 0.2) is 0 Å². The Morgan fingerprint density at radius 3 is 1.73 bits per heavy atom. The first-order valence-electron chi connectivity index (χ1n) is 22.1. The van der Waals surface area contributed by atoms with Gasteiger partial charge in [0, 0.05) is 14.2 Å². The van der Waals surface area contributed by atoms with Gasteiger partial charge in [0.25, 0.3) is 0 Å². The molecule has 2 fully saturated rings. The highest BCUT2D eigenvalue weighted by molar-refractivity contribution is 7.80. The summed E-state index contributed by atoms with van der Waals surface area (Å²) in [4.78, 5) is 0. The number of rotatable bonds is 24. The van der Waals surface area contributed by atoms with Crippen LogP contribution in [0.1, 0.15) is 69.2 Å². The molecule has 4 aromatic rings. The van der Waals surface area contributed by atoms with Gasteiger partial charge in [0.2, 0.25) is 11.6 Å². The summed E-state index contributed by atoms with van der Waals surface area (Å²) in [6.07, 6.45) is -4.07. The summed E-state index contributed by atoms with van der Waals surface area (Å²) < 4.78 is 100. The van der Waals surface area contributed by atoms with Crippen LogP contribution in [0, 0.1) is 17.8 Å². The average molecular weight is 907 g/mol. The van der Waals surface area contributed by atoms with Crippen molar-refractivity contribution in [1.82, 2.24) is 0 Å². The molecule has 4 unspecified atom stereocenters. The van der Waals surface area contributed by atoms with Crippen molar-refractivity contribution in [2.24, 2.45) is 17.8 Å². The third kappa shape index (κ3) is 13.0. The highest BCUT2D eigenvalue weighted by Gasteiger charge is 2.61. The summed E-state index contributed by atoms with van der Waals surface area (Å²) in [5, 5.41) is 0. The predicted octanol–water partition coefficient (Wildman–Crippen LogP) is 8.74. The van der Waals surface area contributed by atoms with Crippen molar-refractivity contribution in [3.63, 3.8) is 0 Å². The predicted molar refractivity (Wildman–Crippen MR) is 240 cm³/mol. The number of ether oxygens (including phenoxy) is 9. The van der Waals surface area contributed by atoms with Gasteiger partial charge < -0.3 is 42.6 Å². The van der Waals surface area contributed by atoms with Crippen molar-refractivity contribution in [3.05, 3.63) is 138 Å². The van der Waals surface area contributed by atoms with Gasteiger partial charge in [-0.05, 0) is 78.8 Å². The Labute approximate surface area is 379 Å². The molecule has 0 amide bonds. The van der Waals surface area contributed by atoms with Crippen LogP contribution < -0.4 is 4.74 Å². The topological polar surface area (TPSA) is 147 Å². The third-order valence-corrected chi connectivity index (χ3v) is 13.4. The number of hydrogen-bond acceptors (Lipinski definition) is 12. The van der Waals surface area contributed by atoms with Crippen LogP contribution in [0.5, 0.6) is 5.75 Å². The van der Waals surface area contributed by atoms with E-state index in [-0.39, 0.29) is 50.3 Å². The van der Waals surface area contributed by atoms with Gasteiger partial charge in [-0.1, -0.05) is 123 Å². The van der Waals surface area contributed by atoms with E-state index in [0.717, 1.165) is 34.4 Å². The van der Waals surface area contributed by atoms with Crippen LogP contribution in [0.4, 0.5) is 0 Å². The molecule has 1 N–H and O–H groups in total. The van der Waals surface area contributed by atoms with E-state index < -0.39 is 52.5 Å². The smallest absolute Gasteiger partial charge is 0.397 e. The molecule has 1 heterocycles. The fourth-order valence-electron chi connectivity index (χ4n) is 9.11. The Morgan fingerprint density at radius 1 is 0.703 bits per heavy atom. The lowest BCUT2D eigenvalue weighted by Crippen LogP contribution is -2.70. The molecule has 1 aliphatic heterocycles. The normalized spacial score (nSPS) is 27.5. The summed E-state index contributed by atoms with van der Waals surface area (Å²) in [6, 6.07) is 36.8. The molecule has 4 aromatic carbocycles. The second kappa shape index (κ2) is 23.1. The fraction of sp³-hybridized carbons (Fsp3) is 0.520. The first-order chi connectivity index (χ1) is 30.8. The van der Waals surface area contributed by atoms with E-state index in [4.69, 9.17) is 46.8 Å². The van der Waals surface area contributed by atoms with Gasteiger partial charge in [-0.25, -0.2) is 4.18 Å². The van der Waals surface area contributed by atoms with Crippen LogP contribution in [-0.4, -0.2) is 89.1 Å². The quantitative estimate of drug-likeness (QED) is 0.0670. The van der Waals surface area contributed by atoms with Crippen molar-refractivity contribution in [1.29, 1.82) is 0 Å². The van der Waals surface area contributed by atoms with E-state index in [2.05, 4.69) is 13.8 Å². The van der Waals surface area contributed by atoms with Crippen molar-refractivity contribution in [2.45, 2.75) is 122 Å². The van der Waals surface area contributed by atoms with Crippen molar-refractivity contribution in [2.75, 3.05) is 27.9 Å². The first-order valence-corrected chi connectivity index (χ1v) is 23.4. The summed E-state index contributed by atoms with van der Waals surface area (Å²) in [5.41, 5.74) is 3.71. The monoisotopic (exact) mass is 906 g/mol. The van der Waals surface area contributed by atoms with Crippen LogP contribution in [0.25, 0.3) is 0 Å². The summed E-state index contributed by atoms with van der Waals surface area (Å²) in [6.45, 7) is 8.62. The van der Waals surface area contributed by atoms with E-state index in [1.807, 2.05) is 115 Å². The van der Waals surface area contributed by atoms with Gasteiger partial charge in [-0.15, -0.1) is 0 Å². The Kier molecular flexibility index (Phi) is 17.9. The maximum atomic E-state index is 13.2. The Hall–Kier alpha value is -3.77. The SMILES string of the molecule is CC[C@H]1C(C[C@@H](OCc2ccccc2)C(OS(=O)(=O)O)[C@@H]2OC(C)(OC)C(C)(OC)O[C@H]2[C@H](COCc2ccccc2)OCc2ccccc2)C[C@@H](OCc2ccc(OC)cc2)[C@@H]1C. The first kappa shape index (κ1) is 49.7. The molecule has 64 heavy (non-hydrogen) atoms. The largest absolute Gasteiger partial charge is 0.497 e. The summed E-state index contributed by atoms with van der Waals surface area (Å²) >= 11 is 0. The van der Waals surface area contributed by atoms with E-state index in [1.54, 1.807) is 21.0 Å². The lowest BCUT2D eigenvalue weighted by molar-refractivity contribution is -0.462. The van der Waals surface area contributed by atoms with Gasteiger partial charge in [-0.3, -0.25) is 4.55 Å². The molecule has 1 aliphatic carbocycles. The van der Waals surface area contributed by atoms with Crippen LogP contribution in [0.3, 0.4) is 0 Å².